The number of ether oxygens (including phenoxy) is 1. The summed E-state index contributed by atoms with van der Waals surface area (Å²) in [5.41, 5.74) is 3.57. The van der Waals surface area contributed by atoms with Crippen molar-refractivity contribution in [3.8, 4) is 0 Å². The summed E-state index contributed by atoms with van der Waals surface area (Å²) in [5, 5.41) is 22.5. The fraction of sp³-hybridized carbons (Fsp3) is 0.360. The van der Waals surface area contributed by atoms with Crippen LogP contribution >= 0.6 is 0 Å². The number of benzene rings is 2. The zero-order valence-electron chi connectivity index (χ0n) is 19.0. The van der Waals surface area contributed by atoms with E-state index in [9.17, 15) is 9.59 Å². The van der Waals surface area contributed by atoms with Crippen molar-refractivity contribution in [2.24, 2.45) is 5.92 Å². The first-order chi connectivity index (χ1) is 16.5. The Morgan fingerprint density at radius 3 is 2.53 bits per heavy atom. The second-order valence-corrected chi connectivity index (χ2v) is 8.56. The van der Waals surface area contributed by atoms with Gasteiger partial charge in [0.2, 0.25) is 0 Å². The number of aromatic nitrogens is 2. The number of rotatable bonds is 9. The van der Waals surface area contributed by atoms with E-state index >= 15 is 0 Å². The summed E-state index contributed by atoms with van der Waals surface area (Å²) in [4.78, 5) is 23.4. The number of carbonyl (C=O) groups is 2. The molecule has 1 heterocycles. The largest absolute Gasteiger partial charge is 0.481 e. The molecule has 0 spiro atoms. The topological polar surface area (TPSA) is 127 Å². The molecule has 0 bridgehead atoms. The number of aliphatic carboxylic acids is 1. The molecule has 2 aromatic carbocycles. The third-order valence-electron chi connectivity index (χ3n) is 6.06. The minimum Gasteiger partial charge on any atom is -0.481 e. The summed E-state index contributed by atoms with van der Waals surface area (Å²) in [5.74, 6) is -0.659. The van der Waals surface area contributed by atoms with Crippen LogP contribution in [0.3, 0.4) is 0 Å². The smallest absolute Gasteiger partial charge is 0.320 e. The number of nitrogens with one attached hydrogen (secondary N) is 2. The third-order valence-corrected chi connectivity index (χ3v) is 6.06. The van der Waals surface area contributed by atoms with Gasteiger partial charge in [-0.25, -0.2) is 0 Å². The Kier molecular flexibility index (Phi) is 7.54. The van der Waals surface area contributed by atoms with Crippen molar-refractivity contribution in [1.82, 2.24) is 10.2 Å². The number of carboxylic acids is 1. The number of carbonyl (C=O) groups excluding carboxylic acids is 1. The zero-order chi connectivity index (χ0) is 23.9. The van der Waals surface area contributed by atoms with Crippen LogP contribution in [-0.2, 0) is 16.1 Å². The Morgan fingerprint density at radius 2 is 1.82 bits per heavy atom. The first kappa shape index (κ1) is 23.4. The first-order valence-electron chi connectivity index (χ1n) is 11.3. The molecular formula is C25H28N4O5. The van der Waals surface area contributed by atoms with Gasteiger partial charge in [-0.2, -0.15) is 0 Å². The second-order valence-electron chi connectivity index (χ2n) is 8.56. The van der Waals surface area contributed by atoms with E-state index in [1.165, 1.54) is 5.56 Å². The molecule has 3 N–H and O–H groups in total. The Labute approximate surface area is 197 Å². The molecule has 178 valence electrons. The van der Waals surface area contributed by atoms with Gasteiger partial charge >= 0.3 is 23.8 Å². The lowest BCUT2D eigenvalue weighted by molar-refractivity contribution is -0.138. The molecule has 3 aromatic rings. The van der Waals surface area contributed by atoms with Gasteiger partial charge < -0.3 is 24.9 Å². The monoisotopic (exact) mass is 464 g/mol. The van der Waals surface area contributed by atoms with Crippen LogP contribution in [0.25, 0.3) is 0 Å². The zero-order valence-corrected chi connectivity index (χ0v) is 19.0. The van der Waals surface area contributed by atoms with Crippen molar-refractivity contribution in [3.63, 3.8) is 0 Å². The normalized spacial score (nSPS) is 17.8. The summed E-state index contributed by atoms with van der Waals surface area (Å²) in [6.45, 7) is 0.484. The van der Waals surface area contributed by atoms with E-state index in [4.69, 9.17) is 14.3 Å². The Hall–Kier alpha value is -3.72. The maximum Gasteiger partial charge on any atom is 0.320 e. The predicted octanol–water partition coefficient (Wildman–Crippen LogP) is 4.96. The Morgan fingerprint density at radius 1 is 1.06 bits per heavy atom. The van der Waals surface area contributed by atoms with Crippen molar-refractivity contribution in [2.75, 3.05) is 17.7 Å². The van der Waals surface area contributed by atoms with Crippen molar-refractivity contribution >= 4 is 29.3 Å². The second kappa shape index (κ2) is 10.9. The van der Waals surface area contributed by atoms with Crippen LogP contribution in [0.1, 0.15) is 59.8 Å². The molecule has 34 heavy (non-hydrogen) atoms. The van der Waals surface area contributed by atoms with Crippen LogP contribution in [0.4, 0.5) is 17.4 Å². The Balaban J connectivity index is 1.31. The molecule has 0 saturated heterocycles. The van der Waals surface area contributed by atoms with Crippen molar-refractivity contribution in [2.45, 2.75) is 44.6 Å². The molecule has 9 nitrogen and oxygen atoms in total. The molecule has 4 rings (SSSR count). The van der Waals surface area contributed by atoms with E-state index < -0.39 is 11.9 Å². The SMILES string of the molecule is COCc1cccc(Nc2nnc(C(=O)Nc3ccc([C@H]4CC[C@H](CC(=O)O)CC4)cc3)o2)c1. The summed E-state index contributed by atoms with van der Waals surface area (Å²) < 4.78 is 10.6. The number of anilines is 3. The molecular weight excluding hydrogens is 436 g/mol. The molecule has 0 atom stereocenters. The highest BCUT2D eigenvalue weighted by molar-refractivity contribution is 6.00. The van der Waals surface area contributed by atoms with Crippen LogP contribution < -0.4 is 10.6 Å². The first-order valence-corrected chi connectivity index (χ1v) is 11.3. The van der Waals surface area contributed by atoms with E-state index in [1.54, 1.807) is 7.11 Å². The minimum atomic E-state index is -0.719. The quantitative estimate of drug-likeness (QED) is 0.406. The molecule has 1 aliphatic rings. The van der Waals surface area contributed by atoms with Gasteiger partial charge in [0.25, 0.3) is 0 Å². The molecule has 0 aliphatic heterocycles. The van der Waals surface area contributed by atoms with Gasteiger partial charge in [0.1, 0.15) is 0 Å². The molecule has 0 radical (unpaired) electrons. The molecule has 1 fully saturated rings. The van der Waals surface area contributed by atoms with Crippen molar-refractivity contribution in [1.29, 1.82) is 0 Å². The van der Waals surface area contributed by atoms with Gasteiger partial charge in [-0.3, -0.25) is 9.59 Å². The minimum absolute atomic E-state index is 0.119. The molecule has 9 heteroatoms. The number of hydrogen-bond donors (Lipinski definition) is 3. The van der Waals surface area contributed by atoms with Gasteiger partial charge in [0.15, 0.2) is 0 Å². The molecule has 1 saturated carbocycles. The average molecular weight is 465 g/mol. The standard InChI is InChI=1S/C25H28N4O5/c1-33-15-17-3-2-4-21(13-17)27-25-29-28-24(34-25)23(32)26-20-11-9-19(10-12-20)18-7-5-16(6-8-18)14-22(30)31/h2-4,9-13,16,18H,5-8,14-15H2,1H3,(H,26,32)(H,27,29)(H,30,31)/t16-,18-. The molecule has 1 aromatic heterocycles. The summed E-state index contributed by atoms with van der Waals surface area (Å²) >= 11 is 0. The molecule has 1 amide bonds. The predicted molar refractivity (Wildman–Crippen MR) is 126 cm³/mol. The van der Waals surface area contributed by atoms with Gasteiger partial charge in [-0.1, -0.05) is 29.4 Å². The maximum absolute atomic E-state index is 12.5. The van der Waals surface area contributed by atoms with Gasteiger partial charge in [0.05, 0.1) is 6.61 Å². The van der Waals surface area contributed by atoms with Gasteiger partial charge in [-0.15, -0.1) is 5.10 Å². The van der Waals surface area contributed by atoms with Crippen LogP contribution in [0.15, 0.2) is 52.9 Å². The summed E-state index contributed by atoms with van der Waals surface area (Å²) in [6, 6.07) is 15.4. The lowest BCUT2D eigenvalue weighted by Gasteiger charge is -2.28. The van der Waals surface area contributed by atoms with E-state index in [1.807, 2.05) is 48.5 Å². The average Bonchev–Trinajstić information content (AvgIpc) is 3.29. The van der Waals surface area contributed by atoms with Crippen LogP contribution in [0.2, 0.25) is 0 Å². The van der Waals surface area contributed by atoms with E-state index in [0.717, 1.165) is 36.9 Å². The van der Waals surface area contributed by atoms with Crippen molar-refractivity contribution < 1.29 is 23.8 Å². The van der Waals surface area contributed by atoms with Crippen LogP contribution in [0.5, 0.6) is 0 Å². The molecule has 0 unspecified atom stereocenters. The highest BCUT2D eigenvalue weighted by Gasteiger charge is 2.24. The number of carboxylic acid groups (broad SMARTS) is 1. The molecule has 1 aliphatic carbocycles. The number of nitrogens with zero attached hydrogens (tertiary/aromatic N) is 2. The van der Waals surface area contributed by atoms with Gasteiger partial charge in [-0.05, 0) is 72.9 Å². The lowest BCUT2D eigenvalue weighted by atomic mass is 9.77. The highest BCUT2D eigenvalue weighted by atomic mass is 16.5. The summed E-state index contributed by atoms with van der Waals surface area (Å²) in [6.07, 6.45) is 4.08. The number of methoxy groups -OCH3 is 1. The summed E-state index contributed by atoms with van der Waals surface area (Å²) in [7, 11) is 1.63. The van der Waals surface area contributed by atoms with Crippen LogP contribution in [0, 0.1) is 5.92 Å². The van der Waals surface area contributed by atoms with E-state index in [-0.39, 0.29) is 24.2 Å². The van der Waals surface area contributed by atoms with E-state index in [0.29, 0.717) is 18.2 Å². The van der Waals surface area contributed by atoms with Crippen molar-refractivity contribution in [3.05, 3.63) is 65.5 Å². The van der Waals surface area contributed by atoms with Crippen LogP contribution in [-0.4, -0.2) is 34.3 Å². The third kappa shape index (κ3) is 6.20. The highest BCUT2D eigenvalue weighted by Crippen LogP contribution is 2.37. The number of amides is 1. The van der Waals surface area contributed by atoms with Gasteiger partial charge in [0, 0.05) is 24.9 Å². The Bertz CT molecular complexity index is 1120. The fourth-order valence-corrected chi connectivity index (χ4v) is 4.36. The fourth-order valence-electron chi connectivity index (χ4n) is 4.36. The lowest BCUT2D eigenvalue weighted by Crippen LogP contribution is -2.16. The number of hydrogen-bond acceptors (Lipinski definition) is 7. The van der Waals surface area contributed by atoms with E-state index in [2.05, 4.69) is 20.8 Å². The maximum atomic E-state index is 12.5.